The minimum absolute atomic E-state index is 0.0284. The summed E-state index contributed by atoms with van der Waals surface area (Å²) in [4.78, 5) is 11.5. The van der Waals surface area contributed by atoms with Crippen LogP contribution in [0.4, 0.5) is 14.5 Å². The Kier molecular flexibility index (Phi) is 3.81. The Hall–Kier alpha value is -1.66. The highest BCUT2D eigenvalue weighted by atomic mass is 19.3. The molecule has 0 aromatic carbocycles. The molecule has 90 valence electrons. The van der Waals surface area contributed by atoms with Gasteiger partial charge in [0.25, 0.3) is 6.43 Å². The van der Waals surface area contributed by atoms with Gasteiger partial charge >= 0.3 is 5.97 Å². The molecule has 0 amide bonds. The number of carbonyl (C=O) groups is 1. The molecule has 1 rings (SSSR count). The first-order valence-corrected chi connectivity index (χ1v) is 4.75. The molecule has 0 unspecified atom stereocenters. The van der Waals surface area contributed by atoms with Gasteiger partial charge < -0.3 is 10.5 Å². The first-order chi connectivity index (χ1) is 7.47. The smallest absolute Gasteiger partial charge is 0.358 e. The third kappa shape index (κ3) is 2.47. The third-order valence-electron chi connectivity index (χ3n) is 2.01. The Balaban J connectivity index is 2.89. The van der Waals surface area contributed by atoms with Crippen LogP contribution >= 0.6 is 0 Å². The first kappa shape index (κ1) is 12.4. The summed E-state index contributed by atoms with van der Waals surface area (Å²) in [5, 5.41) is 3.98. The molecule has 16 heavy (non-hydrogen) atoms. The maximum Gasteiger partial charge on any atom is 0.358 e. The van der Waals surface area contributed by atoms with Crippen LogP contribution in [0, 0.1) is 6.92 Å². The number of carbonyl (C=O) groups excluding carboxylic acids is 1. The highest BCUT2D eigenvalue weighted by Gasteiger charge is 2.21. The maximum atomic E-state index is 11.9. The Morgan fingerprint density at radius 1 is 1.62 bits per heavy atom. The van der Waals surface area contributed by atoms with Crippen molar-refractivity contribution >= 4 is 11.7 Å². The average molecular weight is 233 g/mol. The van der Waals surface area contributed by atoms with Gasteiger partial charge in [-0.2, -0.15) is 5.10 Å². The summed E-state index contributed by atoms with van der Waals surface area (Å²) < 4.78 is 29.5. The number of nitrogens with two attached hydrogens (primary N) is 1. The molecule has 0 aliphatic carbocycles. The fourth-order valence-corrected chi connectivity index (χ4v) is 1.25. The number of anilines is 1. The van der Waals surface area contributed by atoms with Crippen LogP contribution in [0.3, 0.4) is 0 Å². The van der Waals surface area contributed by atoms with E-state index in [0.717, 1.165) is 0 Å². The largest absolute Gasteiger partial charge is 0.455 e. The number of nitrogens with zero attached hydrogens (tertiary/aromatic N) is 2. The number of esters is 1. The molecule has 1 aromatic rings. The fraction of sp³-hybridized carbons (Fsp3) is 0.556. The Bertz CT molecular complexity index is 390. The molecule has 0 radical (unpaired) electrons. The van der Waals surface area contributed by atoms with Crippen LogP contribution in [0.5, 0.6) is 0 Å². The fourth-order valence-electron chi connectivity index (χ4n) is 1.25. The van der Waals surface area contributed by atoms with Crippen molar-refractivity contribution < 1.29 is 18.3 Å². The van der Waals surface area contributed by atoms with Gasteiger partial charge in [0.15, 0.2) is 12.3 Å². The lowest BCUT2D eigenvalue weighted by molar-refractivity contribution is 0.0150. The lowest BCUT2D eigenvalue weighted by Gasteiger charge is -2.06. The maximum absolute atomic E-state index is 11.9. The molecule has 0 fully saturated rings. The molecule has 0 bridgehead atoms. The minimum Gasteiger partial charge on any atom is -0.455 e. The van der Waals surface area contributed by atoms with Crippen LogP contribution in [-0.4, -0.2) is 28.8 Å². The zero-order chi connectivity index (χ0) is 12.3. The monoisotopic (exact) mass is 233 g/mol. The quantitative estimate of drug-likeness (QED) is 0.794. The van der Waals surface area contributed by atoms with E-state index in [-0.39, 0.29) is 11.4 Å². The van der Waals surface area contributed by atoms with Crippen molar-refractivity contribution in [1.82, 2.24) is 9.78 Å². The Labute approximate surface area is 91.2 Å². The summed E-state index contributed by atoms with van der Waals surface area (Å²) in [6.45, 7) is 2.87. The van der Waals surface area contributed by atoms with E-state index >= 15 is 0 Å². The normalized spacial score (nSPS) is 10.8. The summed E-state index contributed by atoms with van der Waals surface area (Å²) in [7, 11) is 0. The number of aryl methyl sites for hydroxylation is 2. The second-order valence-corrected chi connectivity index (χ2v) is 3.15. The molecule has 7 heteroatoms. The number of aromatic nitrogens is 2. The molecule has 0 spiro atoms. The van der Waals surface area contributed by atoms with Crippen molar-refractivity contribution in [2.45, 2.75) is 26.8 Å². The predicted molar refractivity (Wildman–Crippen MR) is 53.3 cm³/mol. The number of rotatable bonds is 4. The molecule has 5 nitrogen and oxygen atoms in total. The van der Waals surface area contributed by atoms with Crippen molar-refractivity contribution in [2.24, 2.45) is 0 Å². The molecular weight excluding hydrogens is 220 g/mol. The van der Waals surface area contributed by atoms with Crippen LogP contribution in [0.15, 0.2) is 0 Å². The van der Waals surface area contributed by atoms with Gasteiger partial charge in [-0.25, -0.2) is 13.6 Å². The number of halogens is 2. The van der Waals surface area contributed by atoms with Gasteiger partial charge in [0, 0.05) is 6.54 Å². The topological polar surface area (TPSA) is 70.1 Å². The molecule has 0 saturated heterocycles. The van der Waals surface area contributed by atoms with Gasteiger partial charge in [0.05, 0.1) is 11.4 Å². The van der Waals surface area contributed by atoms with E-state index in [2.05, 4.69) is 9.84 Å². The van der Waals surface area contributed by atoms with E-state index < -0.39 is 19.0 Å². The molecule has 0 aliphatic heterocycles. The van der Waals surface area contributed by atoms with Crippen LogP contribution in [-0.2, 0) is 11.3 Å². The second kappa shape index (κ2) is 4.91. The summed E-state index contributed by atoms with van der Waals surface area (Å²) in [6, 6.07) is 0. The van der Waals surface area contributed by atoms with Crippen LogP contribution < -0.4 is 5.73 Å². The first-order valence-electron chi connectivity index (χ1n) is 4.75. The van der Waals surface area contributed by atoms with Crippen molar-refractivity contribution in [3.8, 4) is 0 Å². The predicted octanol–water partition coefficient (Wildman–Crippen LogP) is 1.22. The number of hydrogen-bond donors (Lipinski definition) is 1. The van der Waals surface area contributed by atoms with E-state index in [4.69, 9.17) is 5.73 Å². The zero-order valence-electron chi connectivity index (χ0n) is 9.04. The van der Waals surface area contributed by atoms with Gasteiger partial charge in [-0.3, -0.25) is 4.68 Å². The van der Waals surface area contributed by atoms with Crippen molar-refractivity contribution in [1.29, 1.82) is 0 Å². The van der Waals surface area contributed by atoms with E-state index in [1.54, 1.807) is 13.8 Å². The molecule has 0 atom stereocenters. The zero-order valence-corrected chi connectivity index (χ0v) is 9.04. The van der Waals surface area contributed by atoms with Crippen LogP contribution in [0.2, 0.25) is 0 Å². The van der Waals surface area contributed by atoms with Crippen molar-refractivity contribution in [2.75, 3.05) is 12.3 Å². The summed E-state index contributed by atoms with van der Waals surface area (Å²) in [6.07, 6.45) is -2.69. The van der Waals surface area contributed by atoms with Gasteiger partial charge in [-0.05, 0) is 13.8 Å². The van der Waals surface area contributed by atoms with Gasteiger partial charge in [-0.1, -0.05) is 0 Å². The average Bonchev–Trinajstić information content (AvgIpc) is 2.51. The van der Waals surface area contributed by atoms with E-state index in [1.165, 1.54) is 4.68 Å². The van der Waals surface area contributed by atoms with E-state index in [0.29, 0.717) is 12.2 Å². The van der Waals surface area contributed by atoms with E-state index in [1.807, 2.05) is 0 Å². The molecule has 2 N–H and O–H groups in total. The number of alkyl halides is 2. The van der Waals surface area contributed by atoms with Crippen LogP contribution in [0.25, 0.3) is 0 Å². The molecule has 1 heterocycles. The number of ether oxygens (including phenoxy) is 1. The molecule has 1 aromatic heterocycles. The Morgan fingerprint density at radius 2 is 2.25 bits per heavy atom. The standard InChI is InChI=1S/C9H13F2N3O2/c1-3-14-8(7(12)5(2)13-14)9(15)16-4-6(10)11/h6H,3-4,12H2,1-2H3. The second-order valence-electron chi connectivity index (χ2n) is 3.15. The molecule has 0 saturated carbocycles. The summed E-state index contributed by atoms with van der Waals surface area (Å²) in [5.74, 6) is -0.875. The van der Waals surface area contributed by atoms with Crippen molar-refractivity contribution in [3.05, 3.63) is 11.4 Å². The highest BCUT2D eigenvalue weighted by Crippen LogP contribution is 2.17. The van der Waals surface area contributed by atoms with Crippen molar-refractivity contribution in [3.63, 3.8) is 0 Å². The van der Waals surface area contributed by atoms with Crippen LogP contribution in [0.1, 0.15) is 23.1 Å². The van der Waals surface area contributed by atoms with Gasteiger partial charge in [-0.15, -0.1) is 0 Å². The highest BCUT2D eigenvalue weighted by molar-refractivity contribution is 5.93. The molecule has 0 aliphatic rings. The number of hydrogen-bond acceptors (Lipinski definition) is 4. The van der Waals surface area contributed by atoms with E-state index in [9.17, 15) is 13.6 Å². The lowest BCUT2D eigenvalue weighted by atomic mass is 10.3. The molecular formula is C9H13F2N3O2. The lowest BCUT2D eigenvalue weighted by Crippen LogP contribution is -2.17. The summed E-state index contributed by atoms with van der Waals surface area (Å²) in [5.41, 5.74) is 6.29. The minimum atomic E-state index is -2.69. The van der Waals surface area contributed by atoms with Gasteiger partial charge in [0.1, 0.15) is 0 Å². The Morgan fingerprint density at radius 3 is 2.75 bits per heavy atom. The van der Waals surface area contributed by atoms with Gasteiger partial charge in [0.2, 0.25) is 0 Å². The number of nitrogen functional groups attached to an aromatic ring is 1. The SMILES string of the molecule is CCn1nc(C)c(N)c1C(=O)OCC(F)F. The summed E-state index contributed by atoms with van der Waals surface area (Å²) >= 11 is 0. The third-order valence-corrected chi connectivity index (χ3v) is 2.01.